The SMILES string of the molecule is CCCNC(=O)Nc1cc(C(C)(C)C)ccn1. The molecule has 17 heavy (non-hydrogen) atoms. The molecule has 1 rings (SSSR count). The highest BCUT2D eigenvalue weighted by Gasteiger charge is 2.14. The summed E-state index contributed by atoms with van der Waals surface area (Å²) in [6.45, 7) is 9.07. The predicted molar refractivity (Wildman–Crippen MR) is 70.2 cm³/mol. The van der Waals surface area contributed by atoms with Crippen molar-refractivity contribution in [1.82, 2.24) is 10.3 Å². The van der Waals surface area contributed by atoms with E-state index in [1.54, 1.807) is 6.20 Å². The van der Waals surface area contributed by atoms with Crippen molar-refractivity contribution >= 4 is 11.8 Å². The Balaban J connectivity index is 2.69. The first kappa shape index (κ1) is 13.5. The molecule has 0 aromatic carbocycles. The summed E-state index contributed by atoms with van der Waals surface area (Å²) in [4.78, 5) is 15.6. The summed E-state index contributed by atoms with van der Waals surface area (Å²) in [6, 6.07) is 3.67. The third-order valence-electron chi connectivity index (χ3n) is 2.40. The summed E-state index contributed by atoms with van der Waals surface area (Å²) in [7, 11) is 0. The largest absolute Gasteiger partial charge is 0.338 e. The fourth-order valence-electron chi connectivity index (χ4n) is 1.36. The fraction of sp³-hybridized carbons (Fsp3) is 0.538. The highest BCUT2D eigenvalue weighted by Crippen LogP contribution is 2.23. The Labute approximate surface area is 103 Å². The van der Waals surface area contributed by atoms with Crippen LogP contribution in [0.5, 0.6) is 0 Å². The summed E-state index contributed by atoms with van der Waals surface area (Å²) in [5.41, 5.74) is 1.21. The second kappa shape index (κ2) is 5.66. The molecule has 0 aliphatic carbocycles. The second-order valence-electron chi connectivity index (χ2n) is 5.06. The van der Waals surface area contributed by atoms with E-state index in [4.69, 9.17) is 0 Å². The monoisotopic (exact) mass is 235 g/mol. The van der Waals surface area contributed by atoms with Crippen molar-refractivity contribution in [2.24, 2.45) is 0 Å². The molecule has 0 radical (unpaired) electrons. The first-order chi connectivity index (χ1) is 7.93. The highest BCUT2D eigenvalue weighted by atomic mass is 16.2. The van der Waals surface area contributed by atoms with Crippen molar-refractivity contribution in [3.8, 4) is 0 Å². The van der Waals surface area contributed by atoms with Crippen LogP contribution in [0.3, 0.4) is 0 Å². The number of carbonyl (C=O) groups excluding carboxylic acids is 1. The Hall–Kier alpha value is -1.58. The van der Waals surface area contributed by atoms with Gasteiger partial charge in [-0.15, -0.1) is 0 Å². The molecule has 4 nitrogen and oxygen atoms in total. The van der Waals surface area contributed by atoms with E-state index in [-0.39, 0.29) is 11.4 Å². The third kappa shape index (κ3) is 4.43. The van der Waals surface area contributed by atoms with Gasteiger partial charge >= 0.3 is 6.03 Å². The van der Waals surface area contributed by atoms with Gasteiger partial charge in [-0.05, 0) is 29.5 Å². The normalized spacial score (nSPS) is 11.1. The average molecular weight is 235 g/mol. The number of amides is 2. The lowest BCUT2D eigenvalue weighted by Crippen LogP contribution is -2.29. The highest BCUT2D eigenvalue weighted by molar-refractivity contribution is 5.88. The molecule has 0 saturated carbocycles. The van der Waals surface area contributed by atoms with Gasteiger partial charge in [-0.3, -0.25) is 5.32 Å². The topological polar surface area (TPSA) is 54.0 Å². The van der Waals surface area contributed by atoms with Crippen LogP contribution in [0.1, 0.15) is 39.7 Å². The van der Waals surface area contributed by atoms with Crippen molar-refractivity contribution in [2.45, 2.75) is 39.5 Å². The van der Waals surface area contributed by atoms with Gasteiger partial charge in [-0.1, -0.05) is 27.7 Å². The van der Waals surface area contributed by atoms with Crippen LogP contribution < -0.4 is 10.6 Å². The van der Waals surface area contributed by atoms with E-state index < -0.39 is 0 Å². The molecule has 0 bridgehead atoms. The molecule has 1 aromatic rings. The zero-order valence-corrected chi connectivity index (χ0v) is 11.0. The van der Waals surface area contributed by atoms with Crippen molar-refractivity contribution in [3.63, 3.8) is 0 Å². The molecule has 0 aliphatic heterocycles. The number of anilines is 1. The van der Waals surface area contributed by atoms with E-state index in [1.807, 2.05) is 19.1 Å². The average Bonchev–Trinajstić information content (AvgIpc) is 2.25. The lowest BCUT2D eigenvalue weighted by molar-refractivity contribution is 0.252. The van der Waals surface area contributed by atoms with Crippen LogP contribution in [0.15, 0.2) is 18.3 Å². The van der Waals surface area contributed by atoms with Crippen LogP contribution in [0, 0.1) is 0 Å². The lowest BCUT2D eigenvalue weighted by atomic mass is 9.88. The molecule has 2 amide bonds. The minimum Gasteiger partial charge on any atom is -0.338 e. The van der Waals surface area contributed by atoms with Crippen LogP contribution in [0.2, 0.25) is 0 Å². The van der Waals surface area contributed by atoms with Gasteiger partial charge in [0.15, 0.2) is 0 Å². The minimum absolute atomic E-state index is 0.0548. The minimum atomic E-state index is -0.203. The van der Waals surface area contributed by atoms with Gasteiger partial charge in [0.2, 0.25) is 0 Å². The van der Waals surface area contributed by atoms with Gasteiger partial charge in [0.1, 0.15) is 5.82 Å². The number of urea groups is 1. The molecule has 0 fully saturated rings. The Bertz CT molecular complexity index is 382. The van der Waals surface area contributed by atoms with E-state index in [1.165, 1.54) is 0 Å². The van der Waals surface area contributed by atoms with E-state index in [0.29, 0.717) is 12.4 Å². The molecule has 0 saturated heterocycles. The zero-order chi connectivity index (χ0) is 12.9. The van der Waals surface area contributed by atoms with Crippen LogP contribution in [0.25, 0.3) is 0 Å². The number of aromatic nitrogens is 1. The Morgan fingerprint density at radius 1 is 1.41 bits per heavy atom. The van der Waals surface area contributed by atoms with Gasteiger partial charge in [-0.2, -0.15) is 0 Å². The summed E-state index contributed by atoms with van der Waals surface area (Å²) in [5, 5.41) is 5.48. The second-order valence-corrected chi connectivity index (χ2v) is 5.06. The molecule has 0 aliphatic rings. The van der Waals surface area contributed by atoms with E-state index >= 15 is 0 Å². The first-order valence-electron chi connectivity index (χ1n) is 5.95. The quantitative estimate of drug-likeness (QED) is 0.846. The van der Waals surface area contributed by atoms with Crippen molar-refractivity contribution in [2.75, 3.05) is 11.9 Å². The summed E-state index contributed by atoms with van der Waals surface area (Å²) < 4.78 is 0. The van der Waals surface area contributed by atoms with E-state index in [2.05, 4.69) is 36.4 Å². The molecular weight excluding hydrogens is 214 g/mol. The van der Waals surface area contributed by atoms with E-state index in [9.17, 15) is 4.79 Å². The Morgan fingerprint density at radius 3 is 2.71 bits per heavy atom. The van der Waals surface area contributed by atoms with Gasteiger partial charge in [0.25, 0.3) is 0 Å². The van der Waals surface area contributed by atoms with Gasteiger partial charge in [0, 0.05) is 12.7 Å². The number of hydrogen-bond donors (Lipinski definition) is 2. The summed E-state index contributed by atoms with van der Waals surface area (Å²) in [5.74, 6) is 0.589. The van der Waals surface area contributed by atoms with Crippen LogP contribution >= 0.6 is 0 Å². The van der Waals surface area contributed by atoms with E-state index in [0.717, 1.165) is 12.0 Å². The predicted octanol–water partition coefficient (Wildman–Crippen LogP) is 2.91. The number of carbonyl (C=O) groups is 1. The van der Waals surface area contributed by atoms with Crippen LogP contribution in [-0.2, 0) is 5.41 Å². The van der Waals surface area contributed by atoms with Crippen LogP contribution in [0.4, 0.5) is 10.6 Å². The molecule has 1 aromatic heterocycles. The van der Waals surface area contributed by atoms with Crippen LogP contribution in [-0.4, -0.2) is 17.6 Å². The standard InChI is InChI=1S/C13H21N3O/c1-5-7-15-12(17)16-11-9-10(6-8-14-11)13(2,3)4/h6,8-9H,5,7H2,1-4H3,(H2,14,15,16,17). The number of pyridine rings is 1. The van der Waals surface area contributed by atoms with Crippen molar-refractivity contribution in [1.29, 1.82) is 0 Å². The lowest BCUT2D eigenvalue weighted by Gasteiger charge is -2.19. The Morgan fingerprint density at radius 2 is 2.12 bits per heavy atom. The van der Waals surface area contributed by atoms with Crippen molar-refractivity contribution < 1.29 is 4.79 Å². The molecule has 94 valence electrons. The maximum absolute atomic E-state index is 11.5. The first-order valence-corrected chi connectivity index (χ1v) is 5.95. The molecular formula is C13H21N3O. The number of rotatable bonds is 3. The van der Waals surface area contributed by atoms with Gasteiger partial charge in [0.05, 0.1) is 0 Å². The smallest absolute Gasteiger partial charge is 0.320 e. The molecule has 4 heteroatoms. The van der Waals surface area contributed by atoms with Crippen molar-refractivity contribution in [3.05, 3.63) is 23.9 Å². The maximum Gasteiger partial charge on any atom is 0.320 e. The zero-order valence-electron chi connectivity index (χ0n) is 11.0. The van der Waals surface area contributed by atoms with Gasteiger partial charge in [-0.25, -0.2) is 9.78 Å². The molecule has 0 spiro atoms. The third-order valence-corrected chi connectivity index (χ3v) is 2.40. The number of nitrogens with one attached hydrogen (secondary N) is 2. The molecule has 2 N–H and O–H groups in total. The maximum atomic E-state index is 11.5. The Kier molecular flexibility index (Phi) is 4.49. The number of nitrogens with zero attached hydrogens (tertiary/aromatic N) is 1. The molecule has 0 unspecified atom stereocenters. The summed E-state index contributed by atoms with van der Waals surface area (Å²) in [6.07, 6.45) is 2.64. The number of hydrogen-bond acceptors (Lipinski definition) is 2. The molecule has 1 heterocycles. The fourth-order valence-corrected chi connectivity index (χ4v) is 1.36. The van der Waals surface area contributed by atoms with Gasteiger partial charge < -0.3 is 5.32 Å². The molecule has 0 atom stereocenters. The summed E-state index contributed by atoms with van der Waals surface area (Å²) >= 11 is 0.